The molecule has 2 aromatic rings. The van der Waals surface area contributed by atoms with Gasteiger partial charge in [0.2, 0.25) is 0 Å². The van der Waals surface area contributed by atoms with E-state index >= 15 is 0 Å². The fraction of sp³-hybridized carbons (Fsp3) is 0.167. The summed E-state index contributed by atoms with van der Waals surface area (Å²) in [6.45, 7) is 1.87. The highest BCUT2D eigenvalue weighted by Gasteiger charge is 2.07. The Morgan fingerprint density at radius 3 is 2.78 bits per heavy atom. The van der Waals surface area contributed by atoms with Crippen LogP contribution < -0.4 is 15.4 Å². The Morgan fingerprint density at radius 1 is 1.33 bits per heavy atom. The number of ether oxygens (including phenoxy) is 1. The van der Waals surface area contributed by atoms with E-state index in [1.165, 1.54) is 11.5 Å². The van der Waals surface area contributed by atoms with Crippen molar-refractivity contribution < 1.29 is 9.53 Å². The van der Waals surface area contributed by atoms with Crippen LogP contribution in [-0.2, 0) is 0 Å². The highest BCUT2D eigenvalue weighted by Crippen LogP contribution is 2.23. The summed E-state index contributed by atoms with van der Waals surface area (Å²) in [5.74, 6) is 0.619. The second kappa shape index (κ2) is 5.50. The second-order valence-corrected chi connectivity index (χ2v) is 4.42. The number of aryl methyl sites for hydroxylation is 1. The molecule has 1 aromatic carbocycles. The van der Waals surface area contributed by atoms with Crippen LogP contribution in [0.25, 0.3) is 0 Å². The van der Waals surface area contributed by atoms with E-state index in [2.05, 4.69) is 15.0 Å². The summed E-state index contributed by atoms with van der Waals surface area (Å²) >= 11 is 1.25. The quantitative estimate of drug-likeness (QED) is 0.894. The van der Waals surface area contributed by atoms with E-state index in [0.717, 1.165) is 5.69 Å². The number of amides is 2. The lowest BCUT2D eigenvalue weighted by molar-refractivity contribution is 0.262. The number of hydrogen-bond acceptors (Lipinski definition) is 4. The Hall–Kier alpha value is -2.08. The predicted molar refractivity (Wildman–Crippen MR) is 72.5 cm³/mol. The molecule has 0 atom stereocenters. The summed E-state index contributed by atoms with van der Waals surface area (Å²) in [5.41, 5.74) is 1.51. The third kappa shape index (κ3) is 2.98. The molecule has 0 bridgehead atoms. The van der Waals surface area contributed by atoms with Crippen LogP contribution in [0.1, 0.15) is 5.69 Å². The van der Waals surface area contributed by atoms with Gasteiger partial charge >= 0.3 is 6.03 Å². The molecule has 6 heteroatoms. The van der Waals surface area contributed by atoms with E-state index < -0.39 is 0 Å². The van der Waals surface area contributed by atoms with Gasteiger partial charge in [-0.25, -0.2) is 4.79 Å². The maximum atomic E-state index is 11.8. The van der Waals surface area contributed by atoms with Crippen molar-refractivity contribution in [2.75, 3.05) is 17.7 Å². The molecule has 18 heavy (non-hydrogen) atoms. The summed E-state index contributed by atoms with van der Waals surface area (Å²) in [7, 11) is 1.56. The third-order valence-corrected chi connectivity index (χ3v) is 3.02. The van der Waals surface area contributed by atoms with E-state index in [0.29, 0.717) is 16.4 Å². The Labute approximate surface area is 109 Å². The van der Waals surface area contributed by atoms with Crippen molar-refractivity contribution in [3.8, 4) is 5.75 Å². The smallest absolute Gasteiger partial charge is 0.324 e. The maximum Gasteiger partial charge on any atom is 0.324 e. The minimum absolute atomic E-state index is 0.317. The van der Waals surface area contributed by atoms with Crippen LogP contribution >= 0.6 is 11.5 Å². The van der Waals surface area contributed by atoms with Crippen molar-refractivity contribution in [3.63, 3.8) is 0 Å². The van der Waals surface area contributed by atoms with Crippen molar-refractivity contribution in [2.45, 2.75) is 6.92 Å². The van der Waals surface area contributed by atoms with Gasteiger partial charge in [0.05, 0.1) is 18.5 Å². The van der Waals surface area contributed by atoms with Gasteiger partial charge < -0.3 is 10.1 Å². The predicted octanol–water partition coefficient (Wildman–Crippen LogP) is 3.10. The first-order valence-corrected chi connectivity index (χ1v) is 6.10. The molecule has 0 fully saturated rings. The number of urea groups is 1. The lowest BCUT2D eigenvalue weighted by Crippen LogP contribution is -2.19. The van der Waals surface area contributed by atoms with Gasteiger partial charge in [-0.05, 0) is 36.7 Å². The van der Waals surface area contributed by atoms with Gasteiger partial charge in [0, 0.05) is 0 Å². The Kier molecular flexibility index (Phi) is 3.78. The average Bonchev–Trinajstić information content (AvgIpc) is 2.75. The zero-order chi connectivity index (χ0) is 13.0. The number of carbonyl (C=O) groups is 1. The van der Waals surface area contributed by atoms with Crippen LogP contribution in [0.2, 0.25) is 0 Å². The monoisotopic (exact) mass is 263 g/mol. The van der Waals surface area contributed by atoms with Gasteiger partial charge in [-0.3, -0.25) is 5.32 Å². The van der Waals surface area contributed by atoms with Gasteiger partial charge in [0.15, 0.2) is 0 Å². The van der Waals surface area contributed by atoms with Gasteiger partial charge in [-0.1, -0.05) is 12.1 Å². The normalized spacial score (nSPS) is 9.89. The average molecular weight is 263 g/mol. The minimum Gasteiger partial charge on any atom is -0.495 e. The largest absolute Gasteiger partial charge is 0.495 e. The SMILES string of the molecule is COc1ccccc1NC(=O)Nc1cc(C)ns1. The van der Waals surface area contributed by atoms with E-state index in [1.807, 2.05) is 25.1 Å². The summed E-state index contributed by atoms with van der Waals surface area (Å²) in [6.07, 6.45) is 0. The molecule has 1 aromatic heterocycles. The lowest BCUT2D eigenvalue weighted by Gasteiger charge is -2.09. The van der Waals surface area contributed by atoms with Gasteiger partial charge in [0.25, 0.3) is 0 Å². The van der Waals surface area contributed by atoms with E-state index in [1.54, 1.807) is 19.2 Å². The van der Waals surface area contributed by atoms with Crippen LogP contribution in [0.15, 0.2) is 30.3 Å². The standard InChI is InChI=1S/C12H13N3O2S/c1-8-7-11(18-15-8)14-12(16)13-9-5-3-4-6-10(9)17-2/h3-7H,1-2H3,(H2,13,14,16). The third-order valence-electron chi connectivity index (χ3n) is 2.22. The molecular weight excluding hydrogens is 250 g/mol. The Bertz CT molecular complexity index is 554. The Balaban J connectivity index is 2.03. The molecule has 1 heterocycles. The van der Waals surface area contributed by atoms with Gasteiger partial charge in [-0.15, -0.1) is 0 Å². The van der Waals surface area contributed by atoms with E-state index in [4.69, 9.17) is 4.74 Å². The number of methoxy groups -OCH3 is 1. The van der Waals surface area contributed by atoms with Crippen molar-refractivity contribution in [2.24, 2.45) is 0 Å². The molecule has 2 rings (SSSR count). The second-order valence-electron chi connectivity index (χ2n) is 3.61. The molecule has 5 nitrogen and oxygen atoms in total. The lowest BCUT2D eigenvalue weighted by atomic mass is 10.3. The molecule has 0 saturated carbocycles. The zero-order valence-electron chi connectivity index (χ0n) is 10.1. The van der Waals surface area contributed by atoms with Crippen LogP contribution in [-0.4, -0.2) is 17.5 Å². The van der Waals surface area contributed by atoms with E-state index in [-0.39, 0.29) is 6.03 Å². The molecule has 0 spiro atoms. The molecule has 94 valence electrons. The highest BCUT2D eigenvalue weighted by molar-refractivity contribution is 7.10. The van der Waals surface area contributed by atoms with Crippen molar-refractivity contribution >= 4 is 28.3 Å². The molecule has 2 N–H and O–H groups in total. The number of rotatable bonds is 3. The van der Waals surface area contributed by atoms with E-state index in [9.17, 15) is 4.79 Å². The maximum absolute atomic E-state index is 11.8. The molecule has 0 saturated heterocycles. The highest BCUT2D eigenvalue weighted by atomic mass is 32.1. The first kappa shape index (κ1) is 12.4. The number of anilines is 2. The fourth-order valence-electron chi connectivity index (χ4n) is 1.44. The first-order valence-electron chi connectivity index (χ1n) is 5.33. The van der Waals surface area contributed by atoms with Crippen molar-refractivity contribution in [3.05, 3.63) is 36.0 Å². The summed E-state index contributed by atoms with van der Waals surface area (Å²) in [4.78, 5) is 11.8. The number of para-hydroxylation sites is 2. The molecule has 0 aliphatic carbocycles. The summed E-state index contributed by atoms with van der Waals surface area (Å²) in [5, 5.41) is 6.14. The molecule has 0 radical (unpaired) electrons. The molecule has 2 amide bonds. The Morgan fingerprint density at radius 2 is 2.11 bits per heavy atom. The van der Waals surface area contributed by atoms with Gasteiger partial charge in [0.1, 0.15) is 10.8 Å². The van der Waals surface area contributed by atoms with Gasteiger partial charge in [-0.2, -0.15) is 4.37 Å². The summed E-state index contributed by atoms with van der Waals surface area (Å²) < 4.78 is 9.23. The number of nitrogens with zero attached hydrogens (tertiary/aromatic N) is 1. The van der Waals surface area contributed by atoms with Crippen LogP contribution in [0.3, 0.4) is 0 Å². The molecule has 0 aliphatic rings. The fourth-order valence-corrected chi connectivity index (χ4v) is 2.09. The number of aromatic nitrogens is 1. The number of hydrogen-bond donors (Lipinski definition) is 2. The van der Waals surface area contributed by atoms with Crippen LogP contribution in [0.5, 0.6) is 5.75 Å². The summed E-state index contributed by atoms with van der Waals surface area (Å²) in [6, 6.07) is 8.72. The zero-order valence-corrected chi connectivity index (χ0v) is 10.9. The number of carbonyl (C=O) groups excluding carboxylic acids is 1. The molecule has 0 aliphatic heterocycles. The topological polar surface area (TPSA) is 63.2 Å². The number of benzene rings is 1. The van der Waals surface area contributed by atoms with Crippen LogP contribution in [0.4, 0.5) is 15.5 Å². The minimum atomic E-state index is -0.317. The van der Waals surface area contributed by atoms with Crippen molar-refractivity contribution in [1.82, 2.24) is 4.37 Å². The molecule has 0 unspecified atom stereocenters. The van der Waals surface area contributed by atoms with Crippen molar-refractivity contribution in [1.29, 1.82) is 0 Å². The number of nitrogens with one attached hydrogen (secondary N) is 2. The van der Waals surface area contributed by atoms with Crippen LogP contribution in [0, 0.1) is 6.92 Å². The first-order chi connectivity index (χ1) is 8.69. The molecular formula is C12H13N3O2S.